The van der Waals surface area contributed by atoms with Crippen molar-refractivity contribution in [1.29, 1.82) is 0 Å². The molecule has 3 rings (SSSR count). The molecule has 2 aromatic rings. The van der Waals surface area contributed by atoms with E-state index in [0.717, 1.165) is 48.5 Å². The van der Waals surface area contributed by atoms with E-state index >= 15 is 0 Å². The van der Waals surface area contributed by atoms with Gasteiger partial charge in [0.05, 0.1) is 17.1 Å². The average molecular weight is 246 g/mol. The topological polar surface area (TPSA) is 87.0 Å². The van der Waals surface area contributed by atoms with Gasteiger partial charge in [-0.25, -0.2) is 4.98 Å². The molecule has 0 spiro atoms. The number of aromatic amines is 1. The number of anilines is 2. The smallest absolute Gasteiger partial charge is 0.201 e. The van der Waals surface area contributed by atoms with Crippen molar-refractivity contribution >= 4 is 22.7 Å². The number of nitrogens with zero attached hydrogens (tertiary/aromatic N) is 1. The van der Waals surface area contributed by atoms with Gasteiger partial charge in [-0.2, -0.15) is 0 Å². The molecule has 0 bridgehead atoms. The van der Waals surface area contributed by atoms with Crippen molar-refractivity contribution in [3.8, 4) is 0 Å². The first kappa shape index (κ1) is 11.3. The lowest BCUT2D eigenvalue weighted by Gasteiger charge is -2.09. The number of aromatic nitrogens is 2. The number of aliphatic hydroxyl groups excluding tert-OH is 1. The summed E-state index contributed by atoms with van der Waals surface area (Å²) in [6, 6.07) is 5.64. The third kappa shape index (κ3) is 2.26. The summed E-state index contributed by atoms with van der Waals surface area (Å²) in [5.41, 5.74) is 8.32. The maximum Gasteiger partial charge on any atom is 0.201 e. The number of nitrogens with one attached hydrogen (secondary N) is 2. The summed E-state index contributed by atoms with van der Waals surface area (Å²) < 4.78 is 0. The molecule has 1 aliphatic rings. The fourth-order valence-electron chi connectivity index (χ4n) is 2.59. The van der Waals surface area contributed by atoms with Gasteiger partial charge in [0.15, 0.2) is 0 Å². The monoisotopic (exact) mass is 246 g/mol. The minimum absolute atomic E-state index is 0.118. The molecule has 1 saturated carbocycles. The minimum Gasteiger partial charge on any atom is -0.399 e. The molecule has 0 radical (unpaired) electrons. The van der Waals surface area contributed by atoms with E-state index in [1.807, 2.05) is 18.2 Å². The third-order valence-corrected chi connectivity index (χ3v) is 3.58. The molecule has 1 aliphatic carbocycles. The summed E-state index contributed by atoms with van der Waals surface area (Å²) in [5.74, 6) is 1.32. The second-order valence-corrected chi connectivity index (χ2v) is 5.08. The van der Waals surface area contributed by atoms with Gasteiger partial charge in [0.25, 0.3) is 0 Å². The van der Waals surface area contributed by atoms with E-state index in [0.29, 0.717) is 5.92 Å². The number of hydrogen-bond acceptors (Lipinski definition) is 4. The predicted molar refractivity (Wildman–Crippen MR) is 72.3 cm³/mol. The SMILES string of the molecule is Nc1ccc2nc(NCC3CCC(O)C3)[nH]c2c1. The van der Waals surface area contributed by atoms with Gasteiger partial charge < -0.3 is 21.1 Å². The summed E-state index contributed by atoms with van der Waals surface area (Å²) in [7, 11) is 0. The summed E-state index contributed by atoms with van der Waals surface area (Å²) in [4.78, 5) is 7.66. The van der Waals surface area contributed by atoms with Gasteiger partial charge in [0.2, 0.25) is 5.95 Å². The van der Waals surface area contributed by atoms with E-state index in [1.54, 1.807) is 0 Å². The number of hydrogen-bond donors (Lipinski definition) is 4. The van der Waals surface area contributed by atoms with Crippen LogP contribution in [0.25, 0.3) is 11.0 Å². The molecule has 1 heterocycles. The van der Waals surface area contributed by atoms with Crippen molar-refractivity contribution in [3.63, 3.8) is 0 Å². The van der Waals surface area contributed by atoms with Crippen LogP contribution in [0.1, 0.15) is 19.3 Å². The van der Waals surface area contributed by atoms with E-state index in [9.17, 15) is 5.11 Å². The van der Waals surface area contributed by atoms with Gasteiger partial charge in [-0.1, -0.05) is 0 Å². The predicted octanol–water partition coefficient (Wildman–Crippen LogP) is 1.72. The molecular formula is C13H18N4O. The largest absolute Gasteiger partial charge is 0.399 e. The molecular weight excluding hydrogens is 228 g/mol. The summed E-state index contributed by atoms with van der Waals surface area (Å²) in [6.07, 6.45) is 2.78. The standard InChI is InChI=1S/C13H18N4O/c14-9-2-4-11-12(6-9)17-13(16-11)15-7-8-1-3-10(18)5-8/h2,4,6,8,10,18H,1,3,5,7,14H2,(H2,15,16,17). The fraction of sp³-hybridized carbons (Fsp3) is 0.462. The molecule has 0 aliphatic heterocycles. The van der Waals surface area contributed by atoms with E-state index in [-0.39, 0.29) is 6.10 Å². The Labute approximate surface area is 105 Å². The number of fused-ring (bicyclic) bond motifs is 1. The molecule has 2 atom stereocenters. The Morgan fingerprint density at radius 2 is 2.33 bits per heavy atom. The first-order valence-electron chi connectivity index (χ1n) is 6.38. The molecule has 96 valence electrons. The van der Waals surface area contributed by atoms with Gasteiger partial charge in [-0.3, -0.25) is 0 Å². The van der Waals surface area contributed by atoms with Gasteiger partial charge in [-0.05, 0) is 43.4 Å². The molecule has 5 nitrogen and oxygen atoms in total. The molecule has 18 heavy (non-hydrogen) atoms. The Morgan fingerprint density at radius 1 is 1.44 bits per heavy atom. The lowest BCUT2D eigenvalue weighted by molar-refractivity contribution is 0.178. The van der Waals surface area contributed by atoms with Crippen molar-refractivity contribution in [1.82, 2.24) is 9.97 Å². The van der Waals surface area contributed by atoms with Crippen LogP contribution in [0, 0.1) is 5.92 Å². The number of nitrogens with two attached hydrogens (primary N) is 1. The van der Waals surface area contributed by atoms with E-state index in [2.05, 4.69) is 15.3 Å². The van der Waals surface area contributed by atoms with Crippen LogP contribution in [0.15, 0.2) is 18.2 Å². The highest BCUT2D eigenvalue weighted by Crippen LogP contribution is 2.25. The summed E-state index contributed by atoms with van der Waals surface area (Å²) in [6.45, 7) is 0.854. The quantitative estimate of drug-likeness (QED) is 0.621. The number of nitrogen functional groups attached to an aromatic ring is 1. The number of H-pyrrole nitrogens is 1. The lowest BCUT2D eigenvalue weighted by atomic mass is 10.1. The number of rotatable bonds is 3. The van der Waals surface area contributed by atoms with Crippen LogP contribution in [0.2, 0.25) is 0 Å². The van der Waals surface area contributed by atoms with E-state index in [1.165, 1.54) is 0 Å². The number of aliphatic hydroxyl groups is 1. The zero-order valence-corrected chi connectivity index (χ0v) is 10.2. The molecule has 5 heteroatoms. The first-order chi connectivity index (χ1) is 8.70. The molecule has 1 aromatic heterocycles. The van der Waals surface area contributed by atoms with E-state index in [4.69, 9.17) is 5.73 Å². The van der Waals surface area contributed by atoms with Crippen LogP contribution in [-0.4, -0.2) is 27.7 Å². The highest BCUT2D eigenvalue weighted by atomic mass is 16.3. The second-order valence-electron chi connectivity index (χ2n) is 5.08. The van der Waals surface area contributed by atoms with Crippen LogP contribution in [0.3, 0.4) is 0 Å². The zero-order chi connectivity index (χ0) is 12.5. The Kier molecular flexibility index (Phi) is 2.83. The Hall–Kier alpha value is -1.75. The van der Waals surface area contributed by atoms with Crippen LogP contribution in [-0.2, 0) is 0 Å². The molecule has 5 N–H and O–H groups in total. The molecule has 2 unspecified atom stereocenters. The molecule has 1 fully saturated rings. The maximum absolute atomic E-state index is 9.48. The Morgan fingerprint density at radius 3 is 3.11 bits per heavy atom. The van der Waals surface area contributed by atoms with Crippen LogP contribution in [0.4, 0.5) is 11.6 Å². The second kappa shape index (κ2) is 4.49. The van der Waals surface area contributed by atoms with Gasteiger partial charge >= 0.3 is 0 Å². The molecule has 1 aromatic carbocycles. The van der Waals surface area contributed by atoms with Crippen LogP contribution in [0.5, 0.6) is 0 Å². The van der Waals surface area contributed by atoms with E-state index < -0.39 is 0 Å². The fourth-order valence-corrected chi connectivity index (χ4v) is 2.59. The van der Waals surface area contributed by atoms with Gasteiger partial charge in [0.1, 0.15) is 0 Å². The normalized spacial score (nSPS) is 23.6. The first-order valence-corrected chi connectivity index (χ1v) is 6.38. The van der Waals surface area contributed by atoms with Gasteiger partial charge in [-0.15, -0.1) is 0 Å². The van der Waals surface area contributed by atoms with Crippen molar-refractivity contribution in [2.45, 2.75) is 25.4 Å². The van der Waals surface area contributed by atoms with Crippen molar-refractivity contribution in [3.05, 3.63) is 18.2 Å². The summed E-state index contributed by atoms with van der Waals surface area (Å²) >= 11 is 0. The number of benzene rings is 1. The maximum atomic E-state index is 9.48. The minimum atomic E-state index is -0.118. The van der Waals surface area contributed by atoms with Crippen LogP contribution >= 0.6 is 0 Å². The average Bonchev–Trinajstić information content (AvgIpc) is 2.92. The number of imidazole rings is 1. The van der Waals surface area contributed by atoms with Crippen molar-refractivity contribution in [2.75, 3.05) is 17.6 Å². The van der Waals surface area contributed by atoms with Crippen LogP contribution < -0.4 is 11.1 Å². The van der Waals surface area contributed by atoms with Crippen molar-refractivity contribution < 1.29 is 5.11 Å². The Bertz CT molecular complexity index is 551. The lowest BCUT2D eigenvalue weighted by Crippen LogP contribution is -2.13. The molecule has 0 saturated heterocycles. The van der Waals surface area contributed by atoms with Crippen molar-refractivity contribution in [2.24, 2.45) is 5.92 Å². The summed E-state index contributed by atoms with van der Waals surface area (Å²) in [5, 5.41) is 12.8. The third-order valence-electron chi connectivity index (χ3n) is 3.58. The highest BCUT2D eigenvalue weighted by Gasteiger charge is 2.22. The van der Waals surface area contributed by atoms with Gasteiger partial charge in [0, 0.05) is 12.2 Å². The zero-order valence-electron chi connectivity index (χ0n) is 10.2. The highest BCUT2D eigenvalue weighted by molar-refractivity contribution is 5.80. The Balaban J connectivity index is 1.67. The molecule has 0 amide bonds.